The monoisotopic (exact) mass is 959 g/mol. The Balaban J connectivity index is 4.45. The molecule has 6 heteroatoms. The first-order valence-electron chi connectivity index (χ1n) is 28.7. The van der Waals surface area contributed by atoms with E-state index < -0.39 is 6.10 Å². The molecule has 0 fully saturated rings. The van der Waals surface area contributed by atoms with Gasteiger partial charge in [-0.15, -0.1) is 0 Å². The number of ether oxygens (including phenoxy) is 3. The molecule has 0 saturated heterocycles. The Morgan fingerprint density at radius 2 is 0.565 bits per heavy atom. The van der Waals surface area contributed by atoms with Crippen LogP contribution in [0.25, 0.3) is 0 Å². The van der Waals surface area contributed by atoms with Crippen LogP contribution in [0.5, 0.6) is 0 Å². The van der Waals surface area contributed by atoms with Gasteiger partial charge in [-0.05, 0) is 122 Å². The van der Waals surface area contributed by atoms with Crippen molar-refractivity contribution in [3.8, 4) is 0 Å². The van der Waals surface area contributed by atoms with Crippen LogP contribution in [0, 0.1) is 0 Å². The summed E-state index contributed by atoms with van der Waals surface area (Å²) in [6.07, 6.45) is 75.3. The van der Waals surface area contributed by atoms with Crippen LogP contribution in [-0.4, -0.2) is 37.2 Å². The summed E-state index contributed by atoms with van der Waals surface area (Å²) in [6, 6.07) is 0. The second-order valence-electron chi connectivity index (χ2n) is 18.8. The van der Waals surface area contributed by atoms with Crippen LogP contribution in [-0.2, 0) is 28.6 Å². The molecule has 0 bridgehead atoms. The number of carbonyl (C=O) groups excluding carboxylic acids is 3. The van der Waals surface area contributed by atoms with Gasteiger partial charge in [-0.1, -0.05) is 221 Å². The van der Waals surface area contributed by atoms with E-state index in [4.69, 9.17) is 14.2 Å². The molecule has 69 heavy (non-hydrogen) atoms. The Bertz CT molecular complexity index is 1380. The van der Waals surface area contributed by atoms with E-state index in [1.807, 2.05) is 0 Å². The SMILES string of the molecule is CC/C=C/C/C=C/C/C=C/CCCCCCCC(=O)OC[C@H](COC(=O)CCCCCCCCCCC/C=C/C/C=C/CCCCC)OC(=O)CCCCCC/C=C/C/C=C/C/C=C/CCCCC. The molecule has 0 aliphatic heterocycles. The topological polar surface area (TPSA) is 78.9 Å². The average Bonchev–Trinajstić information content (AvgIpc) is 3.35. The fraction of sp³-hybridized carbons (Fsp3) is 0.698. The molecule has 1 atom stereocenters. The van der Waals surface area contributed by atoms with Crippen molar-refractivity contribution in [2.24, 2.45) is 0 Å². The maximum atomic E-state index is 12.9. The van der Waals surface area contributed by atoms with E-state index >= 15 is 0 Å². The zero-order valence-electron chi connectivity index (χ0n) is 45.0. The van der Waals surface area contributed by atoms with Crippen molar-refractivity contribution in [2.45, 2.75) is 271 Å². The second-order valence-corrected chi connectivity index (χ2v) is 18.8. The van der Waals surface area contributed by atoms with Gasteiger partial charge in [0.25, 0.3) is 0 Å². The fourth-order valence-corrected chi connectivity index (χ4v) is 7.73. The predicted molar refractivity (Wildman–Crippen MR) is 297 cm³/mol. The first-order chi connectivity index (χ1) is 34.0. The first kappa shape index (κ1) is 65.3. The minimum atomic E-state index is -0.800. The van der Waals surface area contributed by atoms with Gasteiger partial charge in [0.1, 0.15) is 13.2 Å². The summed E-state index contributed by atoms with van der Waals surface area (Å²) in [6.45, 7) is 6.45. The van der Waals surface area contributed by atoms with E-state index in [-0.39, 0.29) is 31.1 Å². The molecular weight excluding hydrogens is 853 g/mol. The van der Waals surface area contributed by atoms with Gasteiger partial charge in [-0.25, -0.2) is 0 Å². The van der Waals surface area contributed by atoms with Gasteiger partial charge in [0.15, 0.2) is 6.10 Å². The molecule has 0 N–H and O–H groups in total. The highest BCUT2D eigenvalue weighted by molar-refractivity contribution is 5.71. The third-order valence-electron chi connectivity index (χ3n) is 12.0. The van der Waals surface area contributed by atoms with E-state index in [0.717, 1.165) is 128 Å². The van der Waals surface area contributed by atoms with Crippen LogP contribution < -0.4 is 0 Å². The summed E-state index contributed by atoms with van der Waals surface area (Å²) < 4.78 is 16.8. The molecule has 0 unspecified atom stereocenters. The maximum absolute atomic E-state index is 12.9. The van der Waals surface area contributed by atoms with Gasteiger partial charge in [-0.2, -0.15) is 0 Å². The average molecular weight is 960 g/mol. The molecule has 0 aliphatic rings. The Hall–Kier alpha value is -3.67. The van der Waals surface area contributed by atoms with Crippen molar-refractivity contribution in [3.05, 3.63) is 97.2 Å². The van der Waals surface area contributed by atoms with Crippen LogP contribution >= 0.6 is 0 Å². The first-order valence-corrected chi connectivity index (χ1v) is 28.7. The molecule has 0 heterocycles. The number of hydrogen-bond donors (Lipinski definition) is 0. The number of carbonyl (C=O) groups is 3. The largest absolute Gasteiger partial charge is 0.462 e. The van der Waals surface area contributed by atoms with Crippen LogP contribution in [0.15, 0.2) is 97.2 Å². The van der Waals surface area contributed by atoms with Crippen LogP contribution in [0.4, 0.5) is 0 Å². The lowest BCUT2D eigenvalue weighted by Crippen LogP contribution is -2.30. The third kappa shape index (κ3) is 55.1. The van der Waals surface area contributed by atoms with Crippen molar-refractivity contribution >= 4 is 17.9 Å². The molecule has 394 valence electrons. The Kier molecular flexibility index (Phi) is 53.9. The molecule has 0 aromatic carbocycles. The molecular formula is C63H106O6. The van der Waals surface area contributed by atoms with Crippen LogP contribution in [0.1, 0.15) is 265 Å². The predicted octanol–water partition coefficient (Wildman–Crippen LogP) is 19.3. The Morgan fingerprint density at radius 1 is 0.304 bits per heavy atom. The van der Waals surface area contributed by atoms with Crippen molar-refractivity contribution in [2.75, 3.05) is 13.2 Å². The summed E-state index contributed by atoms with van der Waals surface area (Å²) in [7, 11) is 0. The lowest BCUT2D eigenvalue weighted by atomic mass is 10.1. The smallest absolute Gasteiger partial charge is 0.306 e. The van der Waals surface area contributed by atoms with E-state index in [1.54, 1.807) is 0 Å². The number of unbranched alkanes of at least 4 members (excludes halogenated alkanes) is 24. The summed E-state index contributed by atoms with van der Waals surface area (Å²) in [5.74, 6) is -0.935. The van der Waals surface area contributed by atoms with Gasteiger partial charge in [-0.3, -0.25) is 14.4 Å². The summed E-state index contributed by atoms with van der Waals surface area (Å²) in [5.41, 5.74) is 0. The van der Waals surface area contributed by atoms with Gasteiger partial charge in [0, 0.05) is 19.3 Å². The normalized spacial score (nSPS) is 12.8. The highest BCUT2D eigenvalue weighted by Crippen LogP contribution is 2.14. The van der Waals surface area contributed by atoms with E-state index in [0.29, 0.717) is 19.3 Å². The van der Waals surface area contributed by atoms with Crippen molar-refractivity contribution in [1.29, 1.82) is 0 Å². The number of esters is 3. The summed E-state index contributed by atoms with van der Waals surface area (Å²) in [4.78, 5) is 38.2. The summed E-state index contributed by atoms with van der Waals surface area (Å²) in [5, 5.41) is 0. The number of hydrogen-bond acceptors (Lipinski definition) is 6. The Labute approximate surface area is 426 Å². The fourth-order valence-electron chi connectivity index (χ4n) is 7.73. The van der Waals surface area contributed by atoms with Gasteiger partial charge < -0.3 is 14.2 Å². The molecule has 0 radical (unpaired) electrons. The van der Waals surface area contributed by atoms with E-state index in [1.165, 1.54) is 96.3 Å². The lowest BCUT2D eigenvalue weighted by molar-refractivity contribution is -0.167. The molecule has 0 aliphatic carbocycles. The van der Waals surface area contributed by atoms with E-state index in [2.05, 4.69) is 118 Å². The molecule has 0 rings (SSSR count). The molecule has 0 aromatic heterocycles. The van der Waals surface area contributed by atoms with Crippen LogP contribution in [0.3, 0.4) is 0 Å². The third-order valence-corrected chi connectivity index (χ3v) is 12.0. The quantitative estimate of drug-likeness (QED) is 0.0262. The van der Waals surface area contributed by atoms with Gasteiger partial charge in [0.05, 0.1) is 0 Å². The van der Waals surface area contributed by atoms with Gasteiger partial charge >= 0.3 is 17.9 Å². The Morgan fingerprint density at radius 3 is 0.884 bits per heavy atom. The number of rotatable bonds is 51. The molecule has 0 saturated carbocycles. The molecule has 0 spiro atoms. The summed E-state index contributed by atoms with van der Waals surface area (Å²) >= 11 is 0. The molecule has 0 aromatic rings. The van der Waals surface area contributed by atoms with Crippen molar-refractivity contribution in [1.82, 2.24) is 0 Å². The zero-order valence-corrected chi connectivity index (χ0v) is 45.0. The second kappa shape index (κ2) is 56.9. The standard InChI is InChI=1S/C63H106O6/c1-4-7-10-13-16-19-22-25-28-30-31-33-35-38-41-44-47-50-53-56-62(65)68-59-60(58-67-61(64)55-52-49-46-43-40-37-34-27-24-21-18-15-12-9-6-3)69-63(66)57-54-51-48-45-42-39-36-32-29-26-23-20-17-14-11-8-5-2/h9,12,16-21,25-29,34,36,39,60H,4-8,10-11,13-15,22-24,30-33,35,37-38,40-59H2,1-3H3/b12-9+,19-16+,20-17+,21-18+,28-25+,29-26+,34-27+,39-36+/t60-/m1/s1. The zero-order chi connectivity index (χ0) is 50.0. The maximum Gasteiger partial charge on any atom is 0.306 e. The van der Waals surface area contributed by atoms with Gasteiger partial charge in [0.2, 0.25) is 0 Å². The number of allylic oxidation sites excluding steroid dienone is 16. The molecule has 0 amide bonds. The highest BCUT2D eigenvalue weighted by atomic mass is 16.6. The van der Waals surface area contributed by atoms with Crippen molar-refractivity contribution in [3.63, 3.8) is 0 Å². The minimum absolute atomic E-state index is 0.0951. The molecule has 6 nitrogen and oxygen atoms in total. The lowest BCUT2D eigenvalue weighted by Gasteiger charge is -2.18. The van der Waals surface area contributed by atoms with Crippen LogP contribution in [0.2, 0.25) is 0 Å². The van der Waals surface area contributed by atoms with E-state index in [9.17, 15) is 14.4 Å². The minimum Gasteiger partial charge on any atom is -0.462 e. The highest BCUT2D eigenvalue weighted by Gasteiger charge is 2.19. The van der Waals surface area contributed by atoms with Crippen molar-refractivity contribution < 1.29 is 28.6 Å².